The quantitative estimate of drug-likeness (QED) is 0.835. The van der Waals surface area contributed by atoms with Gasteiger partial charge in [-0.1, -0.05) is 6.92 Å². The van der Waals surface area contributed by atoms with Crippen molar-refractivity contribution in [2.45, 2.75) is 51.6 Å². The molecule has 108 valence electrons. The highest BCUT2D eigenvalue weighted by atomic mass is 16.4. The number of hydrogen-bond acceptors (Lipinski definition) is 3. The van der Waals surface area contributed by atoms with Gasteiger partial charge in [0.2, 0.25) is 5.91 Å². The molecule has 5 nitrogen and oxygen atoms in total. The van der Waals surface area contributed by atoms with E-state index < -0.39 is 12.0 Å². The first-order valence-electron chi connectivity index (χ1n) is 7.28. The van der Waals surface area contributed by atoms with Gasteiger partial charge in [-0.05, 0) is 45.1 Å². The number of piperidine rings is 1. The van der Waals surface area contributed by atoms with Crippen molar-refractivity contribution in [3.63, 3.8) is 0 Å². The summed E-state index contributed by atoms with van der Waals surface area (Å²) in [5.41, 5.74) is 0. The Morgan fingerprint density at radius 2 is 1.89 bits per heavy atom. The van der Waals surface area contributed by atoms with E-state index in [0.29, 0.717) is 18.9 Å². The Labute approximate surface area is 114 Å². The number of carboxylic acid groups (broad SMARTS) is 1. The second-order valence-corrected chi connectivity index (χ2v) is 5.95. The van der Waals surface area contributed by atoms with Crippen LogP contribution in [0.2, 0.25) is 0 Å². The van der Waals surface area contributed by atoms with E-state index in [0.717, 1.165) is 25.9 Å². The molecule has 0 bridgehead atoms. The first-order chi connectivity index (χ1) is 9.00. The Bertz CT molecular complexity index is 359. The van der Waals surface area contributed by atoms with Crippen LogP contribution < -0.4 is 0 Å². The summed E-state index contributed by atoms with van der Waals surface area (Å²) in [4.78, 5) is 27.4. The third-order valence-corrected chi connectivity index (χ3v) is 4.41. The number of aliphatic carboxylic acids is 1. The van der Waals surface area contributed by atoms with Gasteiger partial charge in [-0.25, -0.2) is 4.79 Å². The number of carbonyl (C=O) groups is 2. The molecule has 2 rings (SSSR count). The van der Waals surface area contributed by atoms with E-state index in [4.69, 9.17) is 5.11 Å². The molecule has 0 aromatic rings. The van der Waals surface area contributed by atoms with Crippen molar-refractivity contribution >= 4 is 11.9 Å². The fourth-order valence-electron chi connectivity index (χ4n) is 3.26. The summed E-state index contributed by atoms with van der Waals surface area (Å²) in [7, 11) is 0. The minimum absolute atomic E-state index is 0.0148. The summed E-state index contributed by atoms with van der Waals surface area (Å²) >= 11 is 0. The Balaban J connectivity index is 2.00. The van der Waals surface area contributed by atoms with Gasteiger partial charge in [-0.15, -0.1) is 0 Å². The van der Waals surface area contributed by atoms with Gasteiger partial charge in [0.1, 0.15) is 6.04 Å². The topological polar surface area (TPSA) is 60.9 Å². The molecule has 0 spiro atoms. The predicted molar refractivity (Wildman–Crippen MR) is 71.8 cm³/mol. The maximum absolute atomic E-state index is 12.5. The van der Waals surface area contributed by atoms with Crippen LogP contribution in [0, 0.1) is 5.92 Å². The number of amides is 1. The largest absolute Gasteiger partial charge is 0.480 e. The molecule has 3 unspecified atom stereocenters. The van der Waals surface area contributed by atoms with Crippen molar-refractivity contribution < 1.29 is 14.7 Å². The smallest absolute Gasteiger partial charge is 0.326 e. The molecule has 2 fully saturated rings. The summed E-state index contributed by atoms with van der Waals surface area (Å²) in [6.45, 7) is 6.60. The van der Waals surface area contributed by atoms with Crippen LogP contribution in [0.25, 0.3) is 0 Å². The fourth-order valence-corrected chi connectivity index (χ4v) is 3.26. The molecule has 1 N–H and O–H groups in total. The Kier molecular flexibility index (Phi) is 4.45. The Morgan fingerprint density at radius 1 is 1.21 bits per heavy atom. The van der Waals surface area contributed by atoms with Gasteiger partial charge in [0.25, 0.3) is 0 Å². The van der Waals surface area contributed by atoms with E-state index in [1.807, 2.05) is 6.92 Å². The van der Waals surface area contributed by atoms with Crippen LogP contribution in [0.1, 0.15) is 39.5 Å². The van der Waals surface area contributed by atoms with Gasteiger partial charge >= 0.3 is 5.97 Å². The molecule has 2 aliphatic rings. The van der Waals surface area contributed by atoms with Crippen LogP contribution in [0.15, 0.2) is 0 Å². The Morgan fingerprint density at radius 3 is 2.53 bits per heavy atom. The van der Waals surface area contributed by atoms with Crippen LogP contribution in [0.4, 0.5) is 0 Å². The number of likely N-dealkylation sites (tertiary alicyclic amines) is 2. The summed E-state index contributed by atoms with van der Waals surface area (Å²) in [5.74, 6) is -0.262. The van der Waals surface area contributed by atoms with E-state index in [1.54, 1.807) is 4.90 Å². The lowest BCUT2D eigenvalue weighted by atomic mass is 9.98. The average molecular weight is 268 g/mol. The lowest BCUT2D eigenvalue weighted by Gasteiger charge is -2.37. The molecule has 0 radical (unpaired) electrons. The minimum atomic E-state index is -0.870. The molecular weight excluding hydrogens is 244 g/mol. The normalized spacial score (nSPS) is 30.3. The van der Waals surface area contributed by atoms with Crippen LogP contribution in [-0.2, 0) is 9.59 Å². The lowest BCUT2D eigenvalue weighted by Crippen LogP contribution is -2.52. The van der Waals surface area contributed by atoms with E-state index in [2.05, 4.69) is 11.8 Å². The van der Waals surface area contributed by atoms with Crippen molar-refractivity contribution in [3.8, 4) is 0 Å². The molecule has 1 amide bonds. The summed E-state index contributed by atoms with van der Waals surface area (Å²) in [6.07, 6.45) is 3.73. The SMILES string of the molecule is CC1CCCN(C(C)C(=O)N2CCCC2C(=O)O)C1. The highest BCUT2D eigenvalue weighted by molar-refractivity contribution is 5.87. The molecular formula is C14H24N2O3. The fraction of sp³-hybridized carbons (Fsp3) is 0.857. The zero-order valence-electron chi connectivity index (χ0n) is 11.8. The minimum Gasteiger partial charge on any atom is -0.480 e. The van der Waals surface area contributed by atoms with Crippen LogP contribution in [0.5, 0.6) is 0 Å². The first kappa shape index (κ1) is 14.3. The number of hydrogen-bond donors (Lipinski definition) is 1. The molecule has 5 heteroatoms. The monoisotopic (exact) mass is 268 g/mol. The molecule has 2 saturated heterocycles. The van der Waals surface area contributed by atoms with Gasteiger partial charge in [-0.3, -0.25) is 9.69 Å². The molecule has 3 atom stereocenters. The maximum atomic E-state index is 12.5. The number of carbonyl (C=O) groups excluding carboxylic acids is 1. The number of rotatable bonds is 3. The second-order valence-electron chi connectivity index (χ2n) is 5.95. The highest BCUT2D eigenvalue weighted by Gasteiger charge is 2.37. The third-order valence-electron chi connectivity index (χ3n) is 4.41. The van der Waals surface area contributed by atoms with Crippen molar-refractivity contribution in [2.24, 2.45) is 5.92 Å². The first-order valence-corrected chi connectivity index (χ1v) is 7.28. The second kappa shape index (κ2) is 5.90. The van der Waals surface area contributed by atoms with Gasteiger partial charge < -0.3 is 10.0 Å². The van der Waals surface area contributed by atoms with Gasteiger partial charge in [0.05, 0.1) is 6.04 Å². The van der Waals surface area contributed by atoms with Crippen molar-refractivity contribution in [1.29, 1.82) is 0 Å². The zero-order chi connectivity index (χ0) is 14.0. The molecule has 0 aromatic carbocycles. The van der Waals surface area contributed by atoms with Crippen molar-refractivity contribution in [2.75, 3.05) is 19.6 Å². The Hall–Kier alpha value is -1.10. The van der Waals surface area contributed by atoms with Gasteiger partial charge in [0, 0.05) is 13.1 Å². The average Bonchev–Trinajstić information content (AvgIpc) is 2.86. The summed E-state index contributed by atoms with van der Waals surface area (Å²) < 4.78 is 0. The zero-order valence-corrected chi connectivity index (χ0v) is 11.8. The molecule has 0 saturated carbocycles. The maximum Gasteiger partial charge on any atom is 0.326 e. The van der Waals surface area contributed by atoms with Gasteiger partial charge in [-0.2, -0.15) is 0 Å². The van der Waals surface area contributed by atoms with Crippen molar-refractivity contribution in [1.82, 2.24) is 9.80 Å². The lowest BCUT2D eigenvalue weighted by molar-refractivity contribution is -0.150. The van der Waals surface area contributed by atoms with Crippen LogP contribution in [-0.4, -0.2) is 58.5 Å². The van der Waals surface area contributed by atoms with Crippen LogP contribution in [0.3, 0.4) is 0 Å². The summed E-state index contributed by atoms with van der Waals surface area (Å²) in [6, 6.07) is -0.806. The molecule has 2 aliphatic heterocycles. The molecule has 2 heterocycles. The van der Waals surface area contributed by atoms with Gasteiger partial charge in [0.15, 0.2) is 0 Å². The van der Waals surface area contributed by atoms with Crippen LogP contribution >= 0.6 is 0 Å². The highest BCUT2D eigenvalue weighted by Crippen LogP contribution is 2.22. The standard InChI is InChI=1S/C14H24N2O3/c1-10-5-3-7-15(9-10)11(2)13(17)16-8-4-6-12(16)14(18)19/h10-12H,3-9H2,1-2H3,(H,18,19). The number of carboxylic acids is 1. The van der Waals surface area contributed by atoms with E-state index >= 15 is 0 Å². The van der Waals surface area contributed by atoms with E-state index in [-0.39, 0.29) is 11.9 Å². The summed E-state index contributed by atoms with van der Waals surface area (Å²) in [5, 5.41) is 9.16. The molecule has 0 aliphatic carbocycles. The molecule has 19 heavy (non-hydrogen) atoms. The molecule has 0 aromatic heterocycles. The van der Waals surface area contributed by atoms with E-state index in [1.165, 1.54) is 6.42 Å². The van der Waals surface area contributed by atoms with E-state index in [9.17, 15) is 9.59 Å². The number of nitrogens with zero attached hydrogens (tertiary/aromatic N) is 2. The van der Waals surface area contributed by atoms with Crippen molar-refractivity contribution in [3.05, 3.63) is 0 Å². The third kappa shape index (κ3) is 3.08. The predicted octanol–water partition coefficient (Wildman–Crippen LogP) is 1.18.